The van der Waals surface area contributed by atoms with Crippen molar-refractivity contribution < 1.29 is 4.79 Å². The first-order valence-electron chi connectivity index (χ1n) is 9.34. The van der Waals surface area contributed by atoms with Gasteiger partial charge in [-0.05, 0) is 50.4 Å². The standard InChI is InChI=1S/C22H26Cl2N2O/c1-15-12-13-22(2,26(3)14-15)20(16-8-5-4-6-9-16)25-21(27)17-10-7-11-18(23)19(17)24/h4-11,15,20H,12-14H2,1-3H3,(H,25,27)/t15?,20-,22?/m0/s1. The van der Waals surface area contributed by atoms with Crippen molar-refractivity contribution in [3.8, 4) is 0 Å². The Kier molecular flexibility index (Phi) is 6.15. The summed E-state index contributed by atoms with van der Waals surface area (Å²) >= 11 is 12.4. The lowest BCUT2D eigenvalue weighted by Crippen LogP contribution is -2.57. The van der Waals surface area contributed by atoms with Gasteiger partial charge in [-0.3, -0.25) is 9.69 Å². The van der Waals surface area contributed by atoms with Crippen LogP contribution >= 0.6 is 23.2 Å². The van der Waals surface area contributed by atoms with E-state index in [0.717, 1.165) is 24.9 Å². The normalized spacial score (nSPS) is 24.4. The maximum Gasteiger partial charge on any atom is 0.253 e. The van der Waals surface area contributed by atoms with Gasteiger partial charge in [0.2, 0.25) is 0 Å². The van der Waals surface area contributed by atoms with Gasteiger partial charge < -0.3 is 5.32 Å². The number of likely N-dealkylation sites (N-methyl/N-ethyl adjacent to an activating group) is 1. The minimum Gasteiger partial charge on any atom is -0.343 e. The van der Waals surface area contributed by atoms with Gasteiger partial charge in [0, 0.05) is 12.1 Å². The molecule has 3 atom stereocenters. The fraction of sp³-hybridized carbons (Fsp3) is 0.409. The molecule has 1 heterocycles. The number of rotatable bonds is 4. The van der Waals surface area contributed by atoms with E-state index in [9.17, 15) is 4.79 Å². The number of hydrogen-bond acceptors (Lipinski definition) is 2. The first-order chi connectivity index (χ1) is 12.8. The van der Waals surface area contributed by atoms with E-state index in [1.807, 2.05) is 18.2 Å². The summed E-state index contributed by atoms with van der Waals surface area (Å²) in [4.78, 5) is 15.5. The van der Waals surface area contributed by atoms with Crippen molar-refractivity contribution in [3.05, 3.63) is 69.7 Å². The predicted octanol–water partition coefficient (Wildman–Crippen LogP) is 5.58. The van der Waals surface area contributed by atoms with Crippen LogP contribution in [0.5, 0.6) is 0 Å². The number of nitrogens with zero attached hydrogens (tertiary/aromatic N) is 1. The van der Waals surface area contributed by atoms with Crippen molar-refractivity contribution in [1.82, 2.24) is 10.2 Å². The molecular formula is C22H26Cl2N2O. The zero-order valence-corrected chi connectivity index (χ0v) is 17.5. The van der Waals surface area contributed by atoms with E-state index in [4.69, 9.17) is 23.2 Å². The van der Waals surface area contributed by atoms with Gasteiger partial charge >= 0.3 is 0 Å². The van der Waals surface area contributed by atoms with E-state index in [-0.39, 0.29) is 17.5 Å². The minimum atomic E-state index is -0.204. The third kappa shape index (κ3) is 4.16. The van der Waals surface area contributed by atoms with Crippen LogP contribution in [0.4, 0.5) is 0 Å². The topological polar surface area (TPSA) is 32.3 Å². The largest absolute Gasteiger partial charge is 0.343 e. The number of halogens is 2. The molecule has 0 aromatic heterocycles. The van der Waals surface area contributed by atoms with E-state index in [0.29, 0.717) is 21.5 Å². The predicted molar refractivity (Wildman–Crippen MR) is 113 cm³/mol. The number of likely N-dealkylation sites (tertiary alicyclic amines) is 1. The monoisotopic (exact) mass is 404 g/mol. The minimum absolute atomic E-state index is 0.154. The molecule has 1 N–H and O–H groups in total. The Balaban J connectivity index is 1.96. The molecule has 3 rings (SSSR count). The molecule has 3 nitrogen and oxygen atoms in total. The summed E-state index contributed by atoms with van der Waals surface area (Å²) in [6.07, 6.45) is 2.14. The van der Waals surface area contributed by atoms with Crippen LogP contribution in [0.3, 0.4) is 0 Å². The molecule has 0 radical (unpaired) electrons. The number of piperidine rings is 1. The van der Waals surface area contributed by atoms with Gasteiger partial charge in [0.25, 0.3) is 5.91 Å². The number of carbonyl (C=O) groups is 1. The summed E-state index contributed by atoms with van der Waals surface area (Å²) in [5.74, 6) is 0.446. The Morgan fingerprint density at radius 3 is 2.56 bits per heavy atom. The molecule has 0 saturated carbocycles. The smallest absolute Gasteiger partial charge is 0.253 e. The fourth-order valence-corrected chi connectivity index (χ4v) is 4.38. The van der Waals surface area contributed by atoms with Crippen molar-refractivity contribution in [2.45, 2.75) is 38.3 Å². The van der Waals surface area contributed by atoms with Gasteiger partial charge in [0.1, 0.15) is 0 Å². The number of hydrogen-bond donors (Lipinski definition) is 1. The van der Waals surface area contributed by atoms with E-state index < -0.39 is 0 Å². The Morgan fingerprint density at radius 2 is 1.89 bits per heavy atom. The molecule has 1 amide bonds. The summed E-state index contributed by atoms with van der Waals surface area (Å²) in [5, 5.41) is 3.93. The molecule has 1 fully saturated rings. The molecule has 144 valence electrons. The number of amides is 1. The highest BCUT2D eigenvalue weighted by Crippen LogP contribution is 2.39. The molecule has 1 aliphatic heterocycles. The Hall–Kier alpha value is -1.55. The van der Waals surface area contributed by atoms with Gasteiger partial charge in [-0.2, -0.15) is 0 Å². The lowest BCUT2D eigenvalue weighted by molar-refractivity contribution is 0.0276. The van der Waals surface area contributed by atoms with Crippen molar-refractivity contribution in [3.63, 3.8) is 0 Å². The van der Waals surface area contributed by atoms with Gasteiger partial charge in [-0.1, -0.05) is 66.5 Å². The first kappa shape index (κ1) is 20.2. The van der Waals surface area contributed by atoms with Gasteiger partial charge in [0.05, 0.1) is 21.7 Å². The van der Waals surface area contributed by atoms with E-state index in [2.05, 4.69) is 43.2 Å². The Morgan fingerprint density at radius 1 is 1.19 bits per heavy atom. The van der Waals surface area contributed by atoms with Crippen LogP contribution in [0.1, 0.15) is 48.7 Å². The molecular weight excluding hydrogens is 379 g/mol. The van der Waals surface area contributed by atoms with Crippen LogP contribution in [0.2, 0.25) is 10.0 Å². The van der Waals surface area contributed by atoms with Gasteiger partial charge in [-0.15, -0.1) is 0 Å². The summed E-state index contributed by atoms with van der Waals surface area (Å²) in [6.45, 7) is 5.52. The second kappa shape index (κ2) is 8.22. The molecule has 1 saturated heterocycles. The molecule has 1 aliphatic rings. The average Bonchev–Trinajstić information content (AvgIpc) is 2.66. The summed E-state index contributed by atoms with van der Waals surface area (Å²) in [5.41, 5.74) is 1.31. The van der Waals surface area contributed by atoms with E-state index in [1.54, 1.807) is 18.2 Å². The maximum absolute atomic E-state index is 13.1. The van der Waals surface area contributed by atoms with E-state index in [1.165, 1.54) is 0 Å². The molecule has 27 heavy (non-hydrogen) atoms. The summed E-state index contributed by atoms with van der Waals surface area (Å²) in [7, 11) is 2.14. The molecule has 2 aromatic rings. The molecule has 2 unspecified atom stereocenters. The van der Waals surface area contributed by atoms with Crippen LogP contribution in [0.25, 0.3) is 0 Å². The Labute approximate surface area is 171 Å². The molecule has 0 aliphatic carbocycles. The Bertz CT molecular complexity index is 811. The van der Waals surface area contributed by atoms with Gasteiger partial charge in [-0.25, -0.2) is 0 Å². The number of carbonyl (C=O) groups excluding carboxylic acids is 1. The van der Waals surface area contributed by atoms with Crippen molar-refractivity contribution in [2.75, 3.05) is 13.6 Å². The SMILES string of the molecule is CC1CCC(C)([C@@H](NC(=O)c2cccc(Cl)c2Cl)c2ccccc2)N(C)C1. The third-order valence-electron chi connectivity index (χ3n) is 5.83. The quantitative estimate of drug-likeness (QED) is 0.720. The zero-order valence-electron chi connectivity index (χ0n) is 16.0. The summed E-state index contributed by atoms with van der Waals surface area (Å²) < 4.78 is 0. The highest BCUT2D eigenvalue weighted by molar-refractivity contribution is 6.43. The second-order valence-electron chi connectivity index (χ2n) is 7.80. The lowest BCUT2D eigenvalue weighted by atomic mass is 9.76. The molecule has 0 spiro atoms. The zero-order chi connectivity index (χ0) is 19.6. The average molecular weight is 405 g/mol. The number of benzene rings is 2. The molecule has 2 aromatic carbocycles. The number of nitrogens with one attached hydrogen (secondary N) is 1. The highest BCUT2D eigenvalue weighted by Gasteiger charge is 2.42. The third-order valence-corrected chi connectivity index (χ3v) is 6.65. The van der Waals surface area contributed by atoms with Crippen LogP contribution < -0.4 is 5.32 Å². The van der Waals surface area contributed by atoms with Crippen LogP contribution in [0.15, 0.2) is 48.5 Å². The summed E-state index contributed by atoms with van der Waals surface area (Å²) in [6, 6.07) is 15.1. The first-order valence-corrected chi connectivity index (χ1v) is 10.1. The molecule has 0 bridgehead atoms. The van der Waals surface area contributed by atoms with Crippen molar-refractivity contribution in [1.29, 1.82) is 0 Å². The maximum atomic E-state index is 13.1. The lowest BCUT2D eigenvalue weighted by Gasteiger charge is -2.50. The van der Waals surface area contributed by atoms with E-state index >= 15 is 0 Å². The van der Waals surface area contributed by atoms with Crippen LogP contribution in [-0.2, 0) is 0 Å². The van der Waals surface area contributed by atoms with Gasteiger partial charge in [0.15, 0.2) is 0 Å². The fourth-order valence-electron chi connectivity index (χ4n) is 3.99. The van der Waals surface area contributed by atoms with Crippen LogP contribution in [-0.4, -0.2) is 29.9 Å². The van der Waals surface area contributed by atoms with Crippen LogP contribution in [0, 0.1) is 5.92 Å². The second-order valence-corrected chi connectivity index (χ2v) is 8.59. The highest BCUT2D eigenvalue weighted by atomic mass is 35.5. The van der Waals surface area contributed by atoms with Crippen molar-refractivity contribution in [2.24, 2.45) is 5.92 Å². The van der Waals surface area contributed by atoms with Crippen molar-refractivity contribution >= 4 is 29.1 Å². The molecule has 5 heteroatoms.